The van der Waals surface area contributed by atoms with E-state index in [4.69, 9.17) is 4.74 Å². The Morgan fingerprint density at radius 2 is 2.15 bits per heavy atom. The maximum Gasteiger partial charge on any atom is 0.341 e. The SMILES string of the molecule is CCOC(=O)/C(=C/Nc1cc(C#N)c2ccccn2c1=O)c1ccccn1. The zero-order chi connectivity index (χ0) is 19.2. The topological polar surface area (TPSA) is 96.5 Å². The second-order valence-corrected chi connectivity index (χ2v) is 5.48. The van der Waals surface area contributed by atoms with E-state index >= 15 is 0 Å². The van der Waals surface area contributed by atoms with Gasteiger partial charge in [-0.2, -0.15) is 5.26 Å². The normalized spacial score (nSPS) is 11.0. The molecule has 1 N–H and O–H groups in total. The minimum absolute atomic E-state index is 0.160. The number of ether oxygens (including phenoxy) is 1. The molecule has 0 aliphatic rings. The summed E-state index contributed by atoms with van der Waals surface area (Å²) in [5.41, 5.74) is 1.24. The van der Waals surface area contributed by atoms with Crippen molar-refractivity contribution in [3.05, 3.63) is 82.7 Å². The lowest BCUT2D eigenvalue weighted by Crippen LogP contribution is -2.18. The number of nitrogens with zero attached hydrogens (tertiary/aromatic N) is 3. The van der Waals surface area contributed by atoms with Crippen molar-refractivity contribution in [3.8, 4) is 6.07 Å². The highest BCUT2D eigenvalue weighted by Gasteiger charge is 2.15. The van der Waals surface area contributed by atoms with Gasteiger partial charge in [0.25, 0.3) is 5.56 Å². The Bertz CT molecular complexity index is 1110. The molecule has 0 saturated heterocycles. The molecule has 0 bridgehead atoms. The second kappa shape index (κ2) is 7.97. The Hall–Kier alpha value is -3.92. The minimum Gasteiger partial charge on any atom is -0.462 e. The van der Waals surface area contributed by atoms with Gasteiger partial charge in [0, 0.05) is 18.6 Å². The highest BCUT2D eigenvalue weighted by Crippen LogP contribution is 2.16. The van der Waals surface area contributed by atoms with Gasteiger partial charge in [-0.3, -0.25) is 14.2 Å². The largest absolute Gasteiger partial charge is 0.462 e. The van der Waals surface area contributed by atoms with Crippen LogP contribution in [-0.4, -0.2) is 22.0 Å². The van der Waals surface area contributed by atoms with Gasteiger partial charge in [-0.25, -0.2) is 4.79 Å². The summed E-state index contributed by atoms with van der Waals surface area (Å²) in [6.07, 6.45) is 4.51. The van der Waals surface area contributed by atoms with E-state index in [9.17, 15) is 14.9 Å². The summed E-state index contributed by atoms with van der Waals surface area (Å²) in [4.78, 5) is 29.1. The summed E-state index contributed by atoms with van der Waals surface area (Å²) in [6.45, 7) is 1.91. The summed E-state index contributed by atoms with van der Waals surface area (Å²) in [5, 5.41) is 12.2. The van der Waals surface area contributed by atoms with Crippen molar-refractivity contribution in [1.29, 1.82) is 5.26 Å². The molecule has 0 aromatic carbocycles. The van der Waals surface area contributed by atoms with Crippen molar-refractivity contribution in [2.24, 2.45) is 0 Å². The van der Waals surface area contributed by atoms with E-state index in [2.05, 4.69) is 16.4 Å². The third-order valence-corrected chi connectivity index (χ3v) is 3.80. The number of nitrogens with one attached hydrogen (secondary N) is 1. The lowest BCUT2D eigenvalue weighted by atomic mass is 10.1. The Morgan fingerprint density at radius 1 is 1.33 bits per heavy atom. The predicted molar refractivity (Wildman–Crippen MR) is 101 cm³/mol. The molecule has 7 nitrogen and oxygen atoms in total. The molecule has 0 saturated carbocycles. The van der Waals surface area contributed by atoms with Crippen LogP contribution in [0.15, 0.2) is 65.9 Å². The first-order valence-corrected chi connectivity index (χ1v) is 8.25. The third-order valence-electron chi connectivity index (χ3n) is 3.80. The first-order chi connectivity index (χ1) is 13.2. The first-order valence-electron chi connectivity index (χ1n) is 8.25. The molecule has 0 spiro atoms. The van der Waals surface area contributed by atoms with Crippen molar-refractivity contribution in [2.45, 2.75) is 6.92 Å². The monoisotopic (exact) mass is 360 g/mol. The van der Waals surface area contributed by atoms with E-state index in [1.54, 1.807) is 55.7 Å². The van der Waals surface area contributed by atoms with Gasteiger partial charge in [0.1, 0.15) is 17.3 Å². The van der Waals surface area contributed by atoms with Crippen LogP contribution in [0, 0.1) is 11.3 Å². The highest BCUT2D eigenvalue weighted by atomic mass is 16.5. The van der Waals surface area contributed by atoms with Crippen LogP contribution in [0.25, 0.3) is 11.1 Å². The van der Waals surface area contributed by atoms with E-state index < -0.39 is 5.97 Å². The molecule has 0 fully saturated rings. The van der Waals surface area contributed by atoms with Crippen molar-refractivity contribution in [3.63, 3.8) is 0 Å². The van der Waals surface area contributed by atoms with Gasteiger partial charge in [0.15, 0.2) is 0 Å². The van der Waals surface area contributed by atoms with Crippen LogP contribution in [0.1, 0.15) is 18.2 Å². The number of carbonyl (C=O) groups is 1. The number of esters is 1. The van der Waals surface area contributed by atoms with Crippen molar-refractivity contribution in [2.75, 3.05) is 11.9 Å². The predicted octanol–water partition coefficient (Wildman–Crippen LogP) is 2.58. The van der Waals surface area contributed by atoms with E-state index in [0.29, 0.717) is 16.8 Å². The molecule has 0 unspecified atom stereocenters. The molecule has 27 heavy (non-hydrogen) atoms. The molecule has 0 aliphatic carbocycles. The van der Waals surface area contributed by atoms with E-state index in [-0.39, 0.29) is 23.4 Å². The van der Waals surface area contributed by atoms with Crippen LogP contribution < -0.4 is 10.9 Å². The van der Waals surface area contributed by atoms with E-state index in [1.807, 2.05) is 0 Å². The lowest BCUT2D eigenvalue weighted by molar-refractivity contribution is -0.136. The molecule has 3 heterocycles. The van der Waals surface area contributed by atoms with Crippen LogP contribution >= 0.6 is 0 Å². The number of nitriles is 1. The molecule has 3 aromatic rings. The molecule has 0 aliphatic heterocycles. The van der Waals surface area contributed by atoms with Gasteiger partial charge in [-0.05, 0) is 37.3 Å². The Labute approximate surface area is 155 Å². The molecule has 3 aromatic heterocycles. The Kier molecular flexibility index (Phi) is 5.28. The molecular formula is C20H16N4O3. The molecule has 134 valence electrons. The fraction of sp³-hybridized carbons (Fsp3) is 0.100. The molecule has 0 atom stereocenters. The van der Waals surface area contributed by atoms with Crippen LogP contribution in [0.4, 0.5) is 5.69 Å². The first kappa shape index (κ1) is 17.9. The molecule has 0 amide bonds. The summed E-state index contributed by atoms with van der Waals surface area (Å²) in [7, 11) is 0. The molecular weight excluding hydrogens is 344 g/mol. The van der Waals surface area contributed by atoms with Gasteiger partial charge < -0.3 is 10.1 Å². The standard InChI is InChI=1S/C20H16N4O3/c1-2-27-20(26)15(16-7-3-5-9-22-16)13-23-17-11-14(12-21)18-8-4-6-10-24(18)19(17)25/h3-11,13,23H,2H2,1H3/b15-13+. The zero-order valence-corrected chi connectivity index (χ0v) is 14.5. The summed E-state index contributed by atoms with van der Waals surface area (Å²) >= 11 is 0. The molecule has 0 radical (unpaired) electrons. The van der Waals surface area contributed by atoms with Gasteiger partial charge in [0.05, 0.1) is 23.4 Å². The second-order valence-electron chi connectivity index (χ2n) is 5.48. The zero-order valence-electron chi connectivity index (χ0n) is 14.5. The smallest absolute Gasteiger partial charge is 0.341 e. The Balaban J connectivity index is 2.07. The van der Waals surface area contributed by atoms with Crippen LogP contribution in [0.2, 0.25) is 0 Å². The number of anilines is 1. The number of fused-ring (bicyclic) bond motifs is 1. The fourth-order valence-electron chi connectivity index (χ4n) is 2.56. The number of hydrogen-bond acceptors (Lipinski definition) is 6. The summed E-state index contributed by atoms with van der Waals surface area (Å²) < 4.78 is 6.44. The fourth-order valence-corrected chi connectivity index (χ4v) is 2.56. The number of pyridine rings is 3. The van der Waals surface area contributed by atoms with Gasteiger partial charge in [0.2, 0.25) is 0 Å². The van der Waals surface area contributed by atoms with Gasteiger partial charge in [-0.15, -0.1) is 0 Å². The number of hydrogen-bond donors (Lipinski definition) is 1. The number of carbonyl (C=O) groups excluding carboxylic acids is 1. The van der Waals surface area contributed by atoms with Gasteiger partial charge in [-0.1, -0.05) is 12.1 Å². The third kappa shape index (κ3) is 3.70. The quantitative estimate of drug-likeness (QED) is 0.555. The van der Waals surface area contributed by atoms with Crippen LogP contribution in [0.5, 0.6) is 0 Å². The summed E-state index contributed by atoms with van der Waals surface area (Å²) in [6, 6.07) is 13.8. The van der Waals surface area contributed by atoms with Gasteiger partial charge >= 0.3 is 5.97 Å². The summed E-state index contributed by atoms with van der Waals surface area (Å²) in [5.74, 6) is -0.565. The minimum atomic E-state index is -0.565. The van der Waals surface area contributed by atoms with Crippen LogP contribution in [0.3, 0.4) is 0 Å². The van der Waals surface area contributed by atoms with Crippen molar-refractivity contribution >= 4 is 22.7 Å². The molecule has 7 heteroatoms. The van der Waals surface area contributed by atoms with Crippen molar-refractivity contribution < 1.29 is 9.53 Å². The average Bonchev–Trinajstić information content (AvgIpc) is 2.71. The average molecular weight is 360 g/mol. The lowest BCUT2D eigenvalue weighted by Gasteiger charge is -2.09. The van der Waals surface area contributed by atoms with Crippen molar-refractivity contribution in [1.82, 2.24) is 9.38 Å². The molecule has 3 rings (SSSR count). The van der Waals surface area contributed by atoms with E-state index in [1.165, 1.54) is 16.7 Å². The highest BCUT2D eigenvalue weighted by molar-refractivity contribution is 6.16. The number of aromatic nitrogens is 2. The maximum atomic E-state index is 12.7. The maximum absolute atomic E-state index is 12.7. The van der Waals surface area contributed by atoms with Crippen LogP contribution in [-0.2, 0) is 9.53 Å². The van der Waals surface area contributed by atoms with E-state index in [0.717, 1.165) is 0 Å². The Morgan fingerprint density at radius 3 is 2.85 bits per heavy atom. The number of rotatable bonds is 5.